The predicted octanol–water partition coefficient (Wildman–Crippen LogP) is 2.09. The zero-order chi connectivity index (χ0) is 21.0. The molecule has 1 unspecified atom stereocenters. The Balaban J connectivity index is 0.00000320. The fourth-order valence-corrected chi connectivity index (χ4v) is 3.55. The minimum atomic E-state index is -0.484. The average Bonchev–Trinajstić information content (AvgIpc) is 3.08. The normalized spacial score (nSPS) is 18.1. The minimum Gasteiger partial charge on any atom is -0.444 e. The Morgan fingerprint density at radius 2 is 2.03 bits per heavy atom. The first kappa shape index (κ1) is 24.2. The Labute approximate surface area is 195 Å². The molecule has 0 spiro atoms. The number of piperazine rings is 1. The maximum Gasteiger partial charge on any atom is 0.410 e. The van der Waals surface area contributed by atoms with Crippen LogP contribution in [-0.4, -0.2) is 79.2 Å². The van der Waals surface area contributed by atoms with E-state index in [9.17, 15) is 9.59 Å². The van der Waals surface area contributed by atoms with Gasteiger partial charge in [-0.1, -0.05) is 12.1 Å². The van der Waals surface area contributed by atoms with Crippen LogP contribution < -0.4 is 10.6 Å². The van der Waals surface area contributed by atoms with Crippen molar-refractivity contribution in [2.24, 2.45) is 4.99 Å². The Bertz CT molecular complexity index is 793. The van der Waals surface area contributed by atoms with Gasteiger partial charge in [-0.05, 0) is 44.9 Å². The van der Waals surface area contributed by atoms with Gasteiger partial charge in [0.2, 0.25) is 0 Å². The molecular weight excluding hydrogens is 497 g/mol. The predicted molar refractivity (Wildman–Crippen MR) is 128 cm³/mol. The van der Waals surface area contributed by atoms with Gasteiger partial charge in [-0.25, -0.2) is 4.79 Å². The number of carbonyl (C=O) groups excluding carboxylic acids is 2. The molecule has 2 amide bonds. The van der Waals surface area contributed by atoms with Gasteiger partial charge in [0, 0.05) is 38.8 Å². The molecule has 1 atom stereocenters. The van der Waals surface area contributed by atoms with Crippen LogP contribution in [0.2, 0.25) is 0 Å². The monoisotopic (exact) mass is 529 g/mol. The zero-order valence-corrected chi connectivity index (χ0v) is 20.4. The maximum absolute atomic E-state index is 12.3. The van der Waals surface area contributed by atoms with Gasteiger partial charge >= 0.3 is 6.09 Å². The molecule has 1 aromatic rings. The Morgan fingerprint density at radius 1 is 1.27 bits per heavy atom. The number of fused-ring (bicyclic) bond motifs is 1. The molecule has 1 saturated heterocycles. The van der Waals surface area contributed by atoms with Crippen molar-refractivity contribution in [3.05, 3.63) is 35.4 Å². The average molecular weight is 529 g/mol. The smallest absolute Gasteiger partial charge is 0.410 e. The van der Waals surface area contributed by atoms with E-state index in [4.69, 9.17) is 4.74 Å². The Hall–Kier alpha value is -2.04. The summed E-state index contributed by atoms with van der Waals surface area (Å²) in [4.78, 5) is 32.7. The second-order valence-electron chi connectivity index (χ2n) is 8.39. The third-order valence-corrected chi connectivity index (χ3v) is 4.97. The van der Waals surface area contributed by atoms with Crippen LogP contribution in [0.3, 0.4) is 0 Å². The van der Waals surface area contributed by atoms with Crippen molar-refractivity contribution < 1.29 is 14.3 Å². The number of carbonyl (C=O) groups is 2. The molecule has 9 heteroatoms. The molecule has 3 rings (SSSR count). The zero-order valence-electron chi connectivity index (χ0n) is 18.1. The fourth-order valence-electron chi connectivity index (χ4n) is 3.55. The first-order valence-electron chi connectivity index (χ1n) is 10.1. The SMILES string of the molecule is CNC(=O)c1cccc(CCNC2=NCC3CN(C(=O)OC(C)(C)C)CCN23)c1.I. The highest BCUT2D eigenvalue weighted by molar-refractivity contribution is 14.0. The third kappa shape index (κ3) is 6.23. The van der Waals surface area contributed by atoms with Crippen LogP contribution >= 0.6 is 24.0 Å². The van der Waals surface area contributed by atoms with Gasteiger partial charge in [0.25, 0.3) is 5.91 Å². The van der Waals surface area contributed by atoms with Gasteiger partial charge in [0.05, 0.1) is 12.6 Å². The van der Waals surface area contributed by atoms with Crippen LogP contribution in [0.5, 0.6) is 0 Å². The molecule has 0 aliphatic carbocycles. The molecule has 1 aromatic carbocycles. The van der Waals surface area contributed by atoms with E-state index in [1.54, 1.807) is 11.9 Å². The number of nitrogens with zero attached hydrogens (tertiary/aromatic N) is 3. The van der Waals surface area contributed by atoms with Crippen LogP contribution in [0.25, 0.3) is 0 Å². The van der Waals surface area contributed by atoms with Crippen molar-refractivity contribution in [1.82, 2.24) is 20.4 Å². The second-order valence-corrected chi connectivity index (χ2v) is 8.39. The van der Waals surface area contributed by atoms with Gasteiger partial charge in [0.1, 0.15) is 5.60 Å². The number of hydrogen-bond donors (Lipinski definition) is 2. The van der Waals surface area contributed by atoms with Crippen LogP contribution in [0.1, 0.15) is 36.7 Å². The van der Waals surface area contributed by atoms with Crippen molar-refractivity contribution in [2.75, 3.05) is 39.8 Å². The Kier molecular flexibility index (Phi) is 8.34. The van der Waals surface area contributed by atoms with E-state index in [2.05, 4.69) is 20.5 Å². The van der Waals surface area contributed by atoms with Gasteiger partial charge < -0.3 is 25.2 Å². The van der Waals surface area contributed by atoms with Gasteiger partial charge in [-0.15, -0.1) is 24.0 Å². The van der Waals surface area contributed by atoms with Crippen molar-refractivity contribution in [3.63, 3.8) is 0 Å². The molecule has 1 fully saturated rings. The summed E-state index contributed by atoms with van der Waals surface area (Å²) in [5, 5.41) is 6.06. The first-order valence-corrected chi connectivity index (χ1v) is 10.1. The summed E-state index contributed by atoms with van der Waals surface area (Å²) in [5.41, 5.74) is 1.28. The molecule has 8 nitrogen and oxygen atoms in total. The second kappa shape index (κ2) is 10.3. The van der Waals surface area contributed by atoms with Crippen molar-refractivity contribution in [1.29, 1.82) is 0 Å². The van der Waals surface area contributed by atoms with E-state index in [-0.39, 0.29) is 42.0 Å². The summed E-state index contributed by atoms with van der Waals surface area (Å²) in [6.07, 6.45) is 0.543. The lowest BCUT2D eigenvalue weighted by atomic mass is 10.1. The maximum atomic E-state index is 12.3. The van der Waals surface area contributed by atoms with Crippen molar-refractivity contribution in [2.45, 2.75) is 38.8 Å². The van der Waals surface area contributed by atoms with Crippen LogP contribution in [0.4, 0.5) is 4.79 Å². The summed E-state index contributed by atoms with van der Waals surface area (Å²) >= 11 is 0. The molecule has 0 bridgehead atoms. The highest BCUT2D eigenvalue weighted by Gasteiger charge is 2.36. The molecule has 2 heterocycles. The summed E-state index contributed by atoms with van der Waals surface area (Å²) < 4.78 is 5.49. The number of nitrogens with one attached hydrogen (secondary N) is 2. The number of ether oxygens (including phenoxy) is 1. The number of aliphatic imine (C=N–C) groups is 1. The van der Waals surface area contributed by atoms with Crippen LogP contribution in [0.15, 0.2) is 29.3 Å². The summed E-state index contributed by atoms with van der Waals surface area (Å²) in [6, 6.07) is 7.84. The number of amides is 2. The summed E-state index contributed by atoms with van der Waals surface area (Å²) in [5.74, 6) is 0.812. The first-order chi connectivity index (χ1) is 13.8. The highest BCUT2D eigenvalue weighted by atomic mass is 127. The largest absolute Gasteiger partial charge is 0.444 e. The van der Waals surface area contributed by atoms with E-state index in [0.29, 0.717) is 25.2 Å². The van der Waals surface area contributed by atoms with Crippen molar-refractivity contribution in [3.8, 4) is 0 Å². The lowest BCUT2D eigenvalue weighted by Gasteiger charge is -2.39. The standard InChI is InChI=1S/C21H31N5O3.HI/c1-21(2,3)29-20(28)25-10-11-26-17(14-25)13-24-19(26)23-9-8-15-6-5-7-16(12-15)18(27)22-4;/h5-7,12,17H,8-11,13-14H2,1-4H3,(H,22,27)(H,23,24);1H. The molecule has 2 N–H and O–H groups in total. The molecule has 0 aromatic heterocycles. The molecular formula is C21H32IN5O3. The summed E-state index contributed by atoms with van der Waals surface area (Å²) in [7, 11) is 1.63. The number of guanidine groups is 1. The third-order valence-electron chi connectivity index (χ3n) is 4.97. The quantitative estimate of drug-likeness (QED) is 0.584. The fraction of sp³-hybridized carbons (Fsp3) is 0.571. The van der Waals surface area contributed by atoms with Crippen LogP contribution in [-0.2, 0) is 11.2 Å². The number of rotatable bonds is 4. The van der Waals surface area contributed by atoms with Gasteiger partial charge in [-0.3, -0.25) is 9.79 Å². The number of hydrogen-bond acceptors (Lipinski definition) is 6. The van der Waals surface area contributed by atoms with Crippen molar-refractivity contribution >= 4 is 41.9 Å². The van der Waals surface area contributed by atoms with E-state index < -0.39 is 5.60 Å². The van der Waals surface area contributed by atoms with Gasteiger partial charge in [-0.2, -0.15) is 0 Å². The number of benzene rings is 1. The van der Waals surface area contributed by atoms with E-state index in [1.165, 1.54) is 0 Å². The molecule has 30 heavy (non-hydrogen) atoms. The molecule has 2 aliphatic rings. The highest BCUT2D eigenvalue weighted by Crippen LogP contribution is 2.18. The minimum absolute atomic E-state index is 0. The van der Waals surface area contributed by atoms with E-state index in [0.717, 1.165) is 31.0 Å². The number of halogens is 1. The molecule has 166 valence electrons. The topological polar surface area (TPSA) is 86.3 Å². The molecule has 2 aliphatic heterocycles. The molecule has 0 radical (unpaired) electrons. The van der Waals surface area contributed by atoms with Crippen LogP contribution in [0, 0.1) is 0 Å². The van der Waals surface area contributed by atoms with E-state index >= 15 is 0 Å². The summed E-state index contributed by atoms with van der Waals surface area (Å²) in [6.45, 7) is 9.04. The Morgan fingerprint density at radius 3 is 2.73 bits per heavy atom. The van der Waals surface area contributed by atoms with Gasteiger partial charge in [0.15, 0.2) is 5.96 Å². The lowest BCUT2D eigenvalue weighted by molar-refractivity contribution is 0.0137. The lowest BCUT2D eigenvalue weighted by Crippen LogP contribution is -2.57. The molecule has 0 saturated carbocycles. The van der Waals surface area contributed by atoms with E-state index in [1.807, 2.05) is 45.0 Å².